The number of benzene rings is 2. The third kappa shape index (κ3) is 2.90. The first kappa shape index (κ1) is 12.2. The predicted octanol–water partition coefficient (Wildman–Crippen LogP) is 4.57. The van der Waals surface area contributed by atoms with E-state index in [1.54, 1.807) is 24.3 Å². The van der Waals surface area contributed by atoms with Crippen molar-refractivity contribution in [3.8, 4) is 0 Å². The van der Waals surface area contributed by atoms with Crippen molar-refractivity contribution in [1.82, 2.24) is 0 Å². The van der Waals surface area contributed by atoms with Gasteiger partial charge in [0.25, 0.3) is 0 Å². The highest BCUT2D eigenvalue weighted by Gasteiger charge is 2.06. The van der Waals surface area contributed by atoms with Crippen molar-refractivity contribution in [2.75, 3.05) is 11.1 Å². The Morgan fingerprint density at radius 1 is 1.18 bits per heavy atom. The Balaban J connectivity index is 2.30. The standard InChI is InChI=1S/C12H9BrClFN2/c13-9-5-11(16)12(6-10(9)15)17-8-3-1-7(14)2-4-8/h1-6,17H,16H2. The molecular weight excluding hydrogens is 307 g/mol. The molecule has 17 heavy (non-hydrogen) atoms. The van der Waals surface area contributed by atoms with Gasteiger partial charge in [-0.15, -0.1) is 0 Å². The van der Waals surface area contributed by atoms with Crippen LogP contribution >= 0.6 is 27.5 Å². The first-order valence-electron chi connectivity index (χ1n) is 4.83. The number of nitrogens with two attached hydrogens (primary N) is 1. The highest BCUT2D eigenvalue weighted by Crippen LogP contribution is 2.29. The van der Waals surface area contributed by atoms with Crippen molar-refractivity contribution in [3.05, 3.63) is 51.7 Å². The molecule has 3 N–H and O–H groups in total. The van der Waals surface area contributed by atoms with Gasteiger partial charge in [-0.1, -0.05) is 11.6 Å². The smallest absolute Gasteiger partial charge is 0.139 e. The number of hydrogen-bond donors (Lipinski definition) is 2. The Hall–Kier alpha value is -1.26. The fourth-order valence-electron chi connectivity index (χ4n) is 1.36. The molecule has 0 saturated carbocycles. The fraction of sp³-hybridized carbons (Fsp3) is 0. The van der Waals surface area contributed by atoms with E-state index in [0.717, 1.165) is 5.69 Å². The molecule has 0 aromatic heterocycles. The third-order valence-electron chi connectivity index (χ3n) is 2.22. The van der Waals surface area contributed by atoms with E-state index in [0.29, 0.717) is 20.9 Å². The Labute approximate surface area is 112 Å². The summed E-state index contributed by atoms with van der Waals surface area (Å²) in [5.74, 6) is -0.365. The molecule has 0 atom stereocenters. The van der Waals surface area contributed by atoms with Gasteiger partial charge in [0.1, 0.15) is 5.82 Å². The van der Waals surface area contributed by atoms with Crippen LogP contribution in [-0.2, 0) is 0 Å². The number of anilines is 3. The van der Waals surface area contributed by atoms with E-state index in [-0.39, 0.29) is 5.82 Å². The van der Waals surface area contributed by atoms with Crippen LogP contribution in [0.2, 0.25) is 5.02 Å². The lowest BCUT2D eigenvalue weighted by Gasteiger charge is -2.10. The van der Waals surface area contributed by atoms with Crippen molar-refractivity contribution >= 4 is 44.6 Å². The van der Waals surface area contributed by atoms with Crippen LogP contribution in [-0.4, -0.2) is 0 Å². The van der Waals surface area contributed by atoms with Gasteiger partial charge in [-0.2, -0.15) is 0 Å². The summed E-state index contributed by atoms with van der Waals surface area (Å²) in [5.41, 5.74) is 7.56. The molecule has 0 bridgehead atoms. The summed E-state index contributed by atoms with van der Waals surface area (Å²) in [6.07, 6.45) is 0. The van der Waals surface area contributed by atoms with Crippen molar-refractivity contribution in [3.63, 3.8) is 0 Å². The van der Waals surface area contributed by atoms with Crippen LogP contribution in [0.4, 0.5) is 21.5 Å². The van der Waals surface area contributed by atoms with Gasteiger partial charge in [0.05, 0.1) is 15.8 Å². The van der Waals surface area contributed by atoms with E-state index >= 15 is 0 Å². The summed E-state index contributed by atoms with van der Waals surface area (Å²) in [5, 5.41) is 3.67. The van der Waals surface area contributed by atoms with Crippen LogP contribution in [0.1, 0.15) is 0 Å². The molecular formula is C12H9BrClFN2. The third-order valence-corrected chi connectivity index (χ3v) is 3.08. The van der Waals surface area contributed by atoms with Gasteiger partial charge in [-0.05, 0) is 46.3 Å². The molecule has 0 unspecified atom stereocenters. The van der Waals surface area contributed by atoms with Crippen molar-refractivity contribution in [2.45, 2.75) is 0 Å². The first-order chi connectivity index (χ1) is 8.06. The Morgan fingerprint density at radius 2 is 1.82 bits per heavy atom. The van der Waals surface area contributed by atoms with Crippen LogP contribution in [0, 0.1) is 5.82 Å². The average Bonchev–Trinajstić information content (AvgIpc) is 2.29. The van der Waals surface area contributed by atoms with Gasteiger partial charge >= 0.3 is 0 Å². The van der Waals surface area contributed by atoms with Crippen molar-refractivity contribution in [1.29, 1.82) is 0 Å². The Morgan fingerprint density at radius 3 is 2.47 bits per heavy atom. The number of halogens is 3. The predicted molar refractivity (Wildman–Crippen MR) is 73.2 cm³/mol. The maximum Gasteiger partial charge on any atom is 0.139 e. The van der Waals surface area contributed by atoms with Crippen LogP contribution < -0.4 is 11.1 Å². The second-order valence-electron chi connectivity index (χ2n) is 3.49. The molecule has 2 rings (SSSR count). The van der Waals surface area contributed by atoms with E-state index in [1.165, 1.54) is 12.1 Å². The zero-order valence-corrected chi connectivity index (χ0v) is 11.0. The molecule has 0 heterocycles. The van der Waals surface area contributed by atoms with Crippen molar-refractivity contribution < 1.29 is 4.39 Å². The van der Waals surface area contributed by atoms with Crippen LogP contribution in [0.5, 0.6) is 0 Å². The minimum Gasteiger partial charge on any atom is -0.397 e. The van der Waals surface area contributed by atoms with Gasteiger partial charge < -0.3 is 11.1 Å². The lowest BCUT2D eigenvalue weighted by Crippen LogP contribution is -1.97. The van der Waals surface area contributed by atoms with E-state index < -0.39 is 0 Å². The van der Waals surface area contributed by atoms with Crippen LogP contribution in [0.15, 0.2) is 40.9 Å². The van der Waals surface area contributed by atoms with Gasteiger partial charge in [0.2, 0.25) is 0 Å². The van der Waals surface area contributed by atoms with E-state index in [1.807, 2.05) is 0 Å². The Bertz CT molecular complexity index is 543. The molecule has 0 amide bonds. The highest BCUT2D eigenvalue weighted by molar-refractivity contribution is 9.10. The van der Waals surface area contributed by atoms with E-state index in [2.05, 4.69) is 21.2 Å². The molecule has 0 radical (unpaired) electrons. The zero-order valence-electron chi connectivity index (χ0n) is 8.68. The molecule has 0 fully saturated rings. The minimum absolute atomic E-state index is 0.344. The fourth-order valence-corrected chi connectivity index (χ4v) is 1.85. The topological polar surface area (TPSA) is 38.0 Å². The minimum atomic E-state index is -0.365. The molecule has 0 spiro atoms. The largest absolute Gasteiger partial charge is 0.397 e. The number of hydrogen-bond acceptors (Lipinski definition) is 2. The molecule has 2 aromatic rings. The monoisotopic (exact) mass is 314 g/mol. The lowest BCUT2D eigenvalue weighted by atomic mass is 10.2. The molecule has 88 valence electrons. The van der Waals surface area contributed by atoms with E-state index in [4.69, 9.17) is 17.3 Å². The average molecular weight is 316 g/mol. The Kier molecular flexibility index (Phi) is 3.54. The number of nitrogens with one attached hydrogen (secondary N) is 1. The zero-order chi connectivity index (χ0) is 12.4. The maximum atomic E-state index is 13.4. The summed E-state index contributed by atoms with van der Waals surface area (Å²) in [4.78, 5) is 0. The number of nitrogen functional groups attached to an aromatic ring is 1. The summed E-state index contributed by atoms with van der Waals surface area (Å²) < 4.78 is 13.7. The van der Waals surface area contributed by atoms with Crippen LogP contribution in [0.25, 0.3) is 0 Å². The summed E-state index contributed by atoms with van der Waals surface area (Å²) in [7, 11) is 0. The van der Waals surface area contributed by atoms with Gasteiger partial charge in [-0.3, -0.25) is 0 Å². The molecule has 0 aliphatic rings. The number of rotatable bonds is 2. The molecule has 2 nitrogen and oxygen atoms in total. The van der Waals surface area contributed by atoms with Gasteiger partial charge in [0, 0.05) is 16.8 Å². The first-order valence-corrected chi connectivity index (χ1v) is 6.00. The lowest BCUT2D eigenvalue weighted by molar-refractivity contribution is 0.622. The second-order valence-corrected chi connectivity index (χ2v) is 4.78. The highest BCUT2D eigenvalue weighted by atomic mass is 79.9. The summed E-state index contributed by atoms with van der Waals surface area (Å²) >= 11 is 8.85. The second kappa shape index (κ2) is 4.94. The summed E-state index contributed by atoms with van der Waals surface area (Å²) in [6.45, 7) is 0. The quantitative estimate of drug-likeness (QED) is 0.797. The molecule has 0 aliphatic carbocycles. The molecule has 0 saturated heterocycles. The molecule has 0 aliphatic heterocycles. The normalized spacial score (nSPS) is 10.3. The van der Waals surface area contributed by atoms with E-state index in [9.17, 15) is 4.39 Å². The summed E-state index contributed by atoms with van der Waals surface area (Å²) in [6, 6.07) is 9.94. The SMILES string of the molecule is Nc1cc(Br)c(F)cc1Nc1ccc(Cl)cc1. The molecule has 2 aromatic carbocycles. The van der Waals surface area contributed by atoms with Crippen molar-refractivity contribution in [2.24, 2.45) is 0 Å². The van der Waals surface area contributed by atoms with Crippen LogP contribution in [0.3, 0.4) is 0 Å². The maximum absolute atomic E-state index is 13.4. The van der Waals surface area contributed by atoms with Gasteiger partial charge in [-0.25, -0.2) is 4.39 Å². The molecule has 5 heteroatoms. The van der Waals surface area contributed by atoms with Gasteiger partial charge in [0.15, 0.2) is 0 Å².